The number of benzene rings is 2. The van der Waals surface area contributed by atoms with E-state index in [1.54, 1.807) is 0 Å². The molecule has 2 aromatic carbocycles. The summed E-state index contributed by atoms with van der Waals surface area (Å²) >= 11 is 10.9. The van der Waals surface area contributed by atoms with Crippen LogP contribution in [0.15, 0.2) is 42.5 Å². The third-order valence-electron chi connectivity index (χ3n) is 3.04. The molecule has 0 spiro atoms. The molecule has 110 valence electrons. The number of hydrogen-bond donors (Lipinski definition) is 1. The highest BCUT2D eigenvalue weighted by Gasteiger charge is 2.07. The van der Waals surface area contributed by atoms with Crippen LogP contribution in [-0.4, -0.2) is 16.9 Å². The van der Waals surface area contributed by atoms with Crippen molar-refractivity contribution < 1.29 is 4.39 Å². The topological polar surface area (TPSA) is 29.3 Å². The molecule has 0 unspecified atom stereocenters. The van der Waals surface area contributed by atoms with E-state index in [0.29, 0.717) is 17.1 Å². The van der Waals surface area contributed by atoms with E-state index in [1.807, 2.05) is 37.4 Å². The molecule has 0 radical (unpaired) electrons. The van der Waals surface area contributed by atoms with Gasteiger partial charge in [-0.15, -0.1) is 0 Å². The minimum Gasteiger partial charge on any atom is -0.389 e. The lowest BCUT2D eigenvalue weighted by atomic mass is 10.1. The molecule has 0 aliphatic heterocycles. The highest BCUT2D eigenvalue weighted by atomic mass is 35.5. The van der Waals surface area contributed by atoms with Crippen molar-refractivity contribution in [2.75, 3.05) is 7.05 Å². The van der Waals surface area contributed by atoms with E-state index in [-0.39, 0.29) is 10.8 Å². The standard InChI is InChI=1S/C16H16ClFN2S/c1-20(9-11-3-2-4-14(17)6-11)10-12-5-13(16(19)21)8-15(18)7-12/h2-8H,9-10H2,1H3,(H2,19,21). The zero-order chi connectivity index (χ0) is 15.4. The van der Waals surface area contributed by atoms with Gasteiger partial charge in [-0.05, 0) is 48.5 Å². The Morgan fingerprint density at radius 2 is 1.90 bits per heavy atom. The summed E-state index contributed by atoms with van der Waals surface area (Å²) in [6, 6.07) is 12.3. The number of halogens is 2. The normalized spacial score (nSPS) is 10.9. The summed E-state index contributed by atoms with van der Waals surface area (Å²) in [4.78, 5) is 2.28. The van der Waals surface area contributed by atoms with Crippen molar-refractivity contribution >= 4 is 28.8 Å². The van der Waals surface area contributed by atoms with Gasteiger partial charge in [-0.2, -0.15) is 0 Å². The molecular formula is C16H16ClFN2S. The van der Waals surface area contributed by atoms with Gasteiger partial charge in [-0.1, -0.05) is 36.0 Å². The van der Waals surface area contributed by atoms with Gasteiger partial charge in [0.25, 0.3) is 0 Å². The number of hydrogen-bond acceptors (Lipinski definition) is 2. The molecule has 0 aliphatic carbocycles. The lowest BCUT2D eigenvalue weighted by Gasteiger charge is -2.17. The van der Waals surface area contributed by atoms with Crippen LogP contribution in [0, 0.1) is 5.82 Å². The number of thiocarbonyl (C=S) groups is 1. The summed E-state index contributed by atoms with van der Waals surface area (Å²) in [5, 5.41) is 0.711. The minimum atomic E-state index is -0.327. The first-order valence-corrected chi connectivity index (χ1v) is 7.25. The molecule has 2 nitrogen and oxygen atoms in total. The fraction of sp³-hybridized carbons (Fsp3) is 0.188. The monoisotopic (exact) mass is 322 g/mol. The van der Waals surface area contributed by atoms with E-state index in [0.717, 1.165) is 17.7 Å². The Morgan fingerprint density at radius 1 is 1.19 bits per heavy atom. The van der Waals surface area contributed by atoms with Crippen LogP contribution in [0.25, 0.3) is 0 Å². The molecule has 2 N–H and O–H groups in total. The molecule has 0 saturated heterocycles. The molecule has 0 heterocycles. The average Bonchev–Trinajstić information content (AvgIpc) is 2.37. The van der Waals surface area contributed by atoms with E-state index in [9.17, 15) is 4.39 Å². The lowest BCUT2D eigenvalue weighted by Crippen LogP contribution is -2.18. The van der Waals surface area contributed by atoms with Crippen LogP contribution in [0.2, 0.25) is 5.02 Å². The van der Waals surface area contributed by atoms with Crippen LogP contribution in [0.5, 0.6) is 0 Å². The second-order valence-electron chi connectivity index (χ2n) is 5.01. The molecule has 0 fully saturated rings. The van der Waals surface area contributed by atoms with Crippen molar-refractivity contribution in [1.29, 1.82) is 0 Å². The fourth-order valence-electron chi connectivity index (χ4n) is 2.20. The number of nitrogens with two attached hydrogens (primary N) is 1. The van der Waals surface area contributed by atoms with Gasteiger partial charge >= 0.3 is 0 Å². The molecule has 0 amide bonds. The highest BCUT2D eigenvalue weighted by molar-refractivity contribution is 7.80. The average molecular weight is 323 g/mol. The van der Waals surface area contributed by atoms with Crippen LogP contribution in [0.3, 0.4) is 0 Å². The maximum Gasteiger partial charge on any atom is 0.124 e. The molecule has 0 aliphatic rings. The Hall–Kier alpha value is -1.49. The summed E-state index contributed by atoms with van der Waals surface area (Å²) in [5.74, 6) is -0.327. The van der Waals surface area contributed by atoms with Crippen LogP contribution in [0.1, 0.15) is 16.7 Å². The molecule has 0 atom stereocenters. The first-order valence-electron chi connectivity index (χ1n) is 6.46. The Balaban J connectivity index is 2.09. The van der Waals surface area contributed by atoms with Gasteiger partial charge in [-0.3, -0.25) is 4.90 Å². The van der Waals surface area contributed by atoms with Gasteiger partial charge < -0.3 is 5.73 Å². The quantitative estimate of drug-likeness (QED) is 0.850. The molecule has 2 rings (SSSR count). The van der Waals surface area contributed by atoms with Gasteiger partial charge in [-0.25, -0.2) is 4.39 Å². The van der Waals surface area contributed by atoms with Crippen LogP contribution < -0.4 is 5.73 Å². The maximum atomic E-state index is 13.6. The van der Waals surface area contributed by atoms with Gasteiger partial charge in [0.15, 0.2) is 0 Å². The lowest BCUT2D eigenvalue weighted by molar-refractivity contribution is 0.318. The van der Waals surface area contributed by atoms with Crippen molar-refractivity contribution in [1.82, 2.24) is 4.90 Å². The molecule has 2 aromatic rings. The van der Waals surface area contributed by atoms with E-state index in [4.69, 9.17) is 29.6 Å². The smallest absolute Gasteiger partial charge is 0.124 e. The van der Waals surface area contributed by atoms with Gasteiger partial charge in [0.1, 0.15) is 10.8 Å². The predicted molar refractivity (Wildman–Crippen MR) is 88.9 cm³/mol. The van der Waals surface area contributed by atoms with Crippen LogP contribution in [0.4, 0.5) is 4.39 Å². The largest absolute Gasteiger partial charge is 0.389 e. The third-order valence-corrected chi connectivity index (χ3v) is 3.51. The SMILES string of the molecule is CN(Cc1cccc(Cl)c1)Cc1cc(F)cc(C(N)=S)c1. The Morgan fingerprint density at radius 3 is 2.57 bits per heavy atom. The minimum absolute atomic E-state index is 0.202. The first-order chi connectivity index (χ1) is 9.94. The van der Waals surface area contributed by atoms with Gasteiger partial charge in [0.2, 0.25) is 0 Å². The van der Waals surface area contributed by atoms with Crippen LogP contribution >= 0.6 is 23.8 Å². The molecular weight excluding hydrogens is 307 g/mol. The Kier molecular flexibility index (Phi) is 5.28. The third kappa shape index (κ3) is 4.77. The zero-order valence-electron chi connectivity index (χ0n) is 11.6. The molecule has 21 heavy (non-hydrogen) atoms. The van der Waals surface area contributed by atoms with E-state index in [2.05, 4.69) is 4.90 Å². The zero-order valence-corrected chi connectivity index (χ0v) is 13.2. The van der Waals surface area contributed by atoms with Crippen molar-refractivity contribution in [3.05, 3.63) is 70.0 Å². The Labute approximate surface area is 134 Å². The summed E-state index contributed by atoms with van der Waals surface area (Å²) in [6.07, 6.45) is 0. The number of nitrogens with zero attached hydrogens (tertiary/aromatic N) is 1. The van der Waals surface area contributed by atoms with Crippen molar-refractivity contribution in [2.24, 2.45) is 5.73 Å². The second kappa shape index (κ2) is 6.98. The van der Waals surface area contributed by atoms with Crippen LogP contribution in [-0.2, 0) is 13.1 Å². The van der Waals surface area contributed by atoms with Gasteiger partial charge in [0, 0.05) is 23.7 Å². The van der Waals surface area contributed by atoms with Crippen molar-refractivity contribution in [2.45, 2.75) is 13.1 Å². The second-order valence-corrected chi connectivity index (χ2v) is 5.89. The molecule has 5 heteroatoms. The molecule has 0 bridgehead atoms. The first kappa shape index (κ1) is 15.9. The summed E-state index contributed by atoms with van der Waals surface area (Å²) in [6.45, 7) is 1.32. The fourth-order valence-corrected chi connectivity index (χ4v) is 2.53. The van der Waals surface area contributed by atoms with E-state index < -0.39 is 0 Å². The predicted octanol–water partition coefficient (Wildman–Crippen LogP) is 3.75. The summed E-state index contributed by atoms with van der Waals surface area (Å²) < 4.78 is 13.6. The van der Waals surface area contributed by atoms with E-state index >= 15 is 0 Å². The number of rotatable bonds is 5. The Bertz CT molecular complexity index is 660. The summed E-state index contributed by atoms with van der Waals surface area (Å²) in [7, 11) is 1.96. The molecule has 0 aromatic heterocycles. The maximum absolute atomic E-state index is 13.6. The highest BCUT2D eigenvalue weighted by Crippen LogP contribution is 2.15. The van der Waals surface area contributed by atoms with Crippen molar-refractivity contribution in [3.8, 4) is 0 Å². The summed E-state index contributed by atoms with van der Waals surface area (Å²) in [5.41, 5.74) is 8.05. The van der Waals surface area contributed by atoms with Crippen molar-refractivity contribution in [3.63, 3.8) is 0 Å². The molecule has 0 saturated carbocycles. The van der Waals surface area contributed by atoms with E-state index in [1.165, 1.54) is 12.1 Å². The van der Waals surface area contributed by atoms with Gasteiger partial charge in [0.05, 0.1) is 0 Å².